The van der Waals surface area contributed by atoms with E-state index in [4.69, 9.17) is 0 Å². The highest BCUT2D eigenvalue weighted by molar-refractivity contribution is 4.93. The van der Waals surface area contributed by atoms with Crippen LogP contribution in [0.5, 0.6) is 0 Å². The van der Waals surface area contributed by atoms with Gasteiger partial charge in [0.25, 0.3) is 0 Å². The molecule has 1 aliphatic heterocycles. The van der Waals surface area contributed by atoms with Gasteiger partial charge in [0.05, 0.1) is 6.10 Å². The monoisotopic (exact) mass is 282 g/mol. The van der Waals surface area contributed by atoms with Gasteiger partial charge in [-0.3, -0.25) is 4.90 Å². The zero-order valence-electron chi connectivity index (χ0n) is 14.1. The number of aliphatic hydroxyl groups is 1. The van der Waals surface area contributed by atoms with Gasteiger partial charge in [0.2, 0.25) is 0 Å². The molecule has 2 rings (SSSR count). The van der Waals surface area contributed by atoms with Crippen LogP contribution >= 0.6 is 0 Å². The molecule has 1 heterocycles. The van der Waals surface area contributed by atoms with E-state index >= 15 is 0 Å². The van der Waals surface area contributed by atoms with Crippen LogP contribution in [0.3, 0.4) is 0 Å². The van der Waals surface area contributed by atoms with Crippen LogP contribution in [0.15, 0.2) is 0 Å². The van der Waals surface area contributed by atoms with Crippen LogP contribution in [0.1, 0.15) is 53.4 Å². The van der Waals surface area contributed by atoms with Crippen LogP contribution in [0.2, 0.25) is 0 Å². The lowest BCUT2D eigenvalue weighted by Gasteiger charge is -2.48. The first kappa shape index (κ1) is 16.3. The maximum atomic E-state index is 10.5. The summed E-state index contributed by atoms with van der Waals surface area (Å²) in [6, 6.07) is 1.04. The van der Waals surface area contributed by atoms with Gasteiger partial charge in [-0.15, -0.1) is 0 Å². The van der Waals surface area contributed by atoms with Crippen molar-refractivity contribution in [2.45, 2.75) is 71.6 Å². The van der Waals surface area contributed by atoms with E-state index in [0.29, 0.717) is 17.5 Å². The largest absolute Gasteiger partial charge is 0.391 e. The zero-order valence-corrected chi connectivity index (χ0v) is 14.1. The van der Waals surface area contributed by atoms with E-state index in [2.05, 4.69) is 44.5 Å². The number of nitrogens with zero attached hydrogens (tertiary/aromatic N) is 2. The molecular formula is C17H34N2O. The van der Waals surface area contributed by atoms with Gasteiger partial charge in [0.1, 0.15) is 0 Å². The maximum Gasteiger partial charge on any atom is 0.0695 e. The molecule has 0 amide bonds. The van der Waals surface area contributed by atoms with Crippen LogP contribution < -0.4 is 0 Å². The highest BCUT2D eigenvalue weighted by atomic mass is 16.3. The predicted octanol–water partition coefficient (Wildman–Crippen LogP) is 2.59. The SMILES string of the molecule is CCC1CN(C2CC(C(C)(C)C)CCC2O)CCN1C. The summed E-state index contributed by atoms with van der Waals surface area (Å²) in [5, 5.41) is 10.5. The zero-order chi connectivity index (χ0) is 14.9. The second kappa shape index (κ2) is 6.33. The van der Waals surface area contributed by atoms with Gasteiger partial charge in [-0.25, -0.2) is 0 Å². The molecule has 0 aromatic heterocycles. The van der Waals surface area contributed by atoms with Crippen molar-refractivity contribution >= 4 is 0 Å². The molecule has 4 unspecified atom stereocenters. The molecule has 1 N–H and O–H groups in total. The van der Waals surface area contributed by atoms with Gasteiger partial charge in [0, 0.05) is 31.7 Å². The van der Waals surface area contributed by atoms with E-state index in [1.807, 2.05) is 0 Å². The fraction of sp³-hybridized carbons (Fsp3) is 1.00. The molecule has 1 saturated heterocycles. The normalized spacial score (nSPS) is 38.1. The lowest BCUT2D eigenvalue weighted by atomic mass is 9.70. The Morgan fingerprint density at radius 3 is 2.45 bits per heavy atom. The highest BCUT2D eigenvalue weighted by Crippen LogP contribution is 2.39. The summed E-state index contributed by atoms with van der Waals surface area (Å²) in [5.74, 6) is 0.746. The van der Waals surface area contributed by atoms with E-state index in [1.165, 1.54) is 19.3 Å². The average molecular weight is 282 g/mol. The van der Waals surface area contributed by atoms with Crippen molar-refractivity contribution in [3.8, 4) is 0 Å². The Labute approximate surface area is 125 Å². The molecule has 1 saturated carbocycles. The Morgan fingerprint density at radius 1 is 1.15 bits per heavy atom. The maximum absolute atomic E-state index is 10.5. The van der Waals surface area contributed by atoms with Gasteiger partial charge in [-0.2, -0.15) is 0 Å². The van der Waals surface area contributed by atoms with E-state index in [1.54, 1.807) is 0 Å². The fourth-order valence-corrected chi connectivity index (χ4v) is 4.02. The van der Waals surface area contributed by atoms with Crippen molar-refractivity contribution in [2.24, 2.45) is 11.3 Å². The van der Waals surface area contributed by atoms with Gasteiger partial charge < -0.3 is 10.0 Å². The smallest absolute Gasteiger partial charge is 0.0695 e. The number of rotatable bonds is 2. The van der Waals surface area contributed by atoms with Crippen molar-refractivity contribution in [3.63, 3.8) is 0 Å². The third-order valence-electron chi connectivity index (χ3n) is 5.75. The van der Waals surface area contributed by atoms with E-state index < -0.39 is 0 Å². The lowest BCUT2D eigenvalue weighted by molar-refractivity contribution is -0.0424. The molecule has 0 aromatic carbocycles. The van der Waals surface area contributed by atoms with Crippen LogP contribution in [-0.2, 0) is 0 Å². The summed E-state index contributed by atoms with van der Waals surface area (Å²) in [7, 11) is 2.24. The standard InChI is InChI=1S/C17H34N2O/c1-6-14-12-19(10-9-18(14)5)15-11-13(17(2,3)4)7-8-16(15)20/h13-16,20H,6-12H2,1-5H3. The molecule has 1 aliphatic carbocycles. The quantitative estimate of drug-likeness (QED) is 0.843. The Bertz CT molecular complexity index is 313. The van der Waals surface area contributed by atoms with E-state index in [9.17, 15) is 5.11 Å². The molecule has 0 radical (unpaired) electrons. The van der Waals surface area contributed by atoms with E-state index in [-0.39, 0.29) is 6.10 Å². The summed E-state index contributed by atoms with van der Waals surface area (Å²) in [5.41, 5.74) is 0.370. The molecule has 0 bridgehead atoms. The van der Waals surface area contributed by atoms with Crippen molar-refractivity contribution < 1.29 is 5.11 Å². The summed E-state index contributed by atoms with van der Waals surface area (Å²) < 4.78 is 0. The van der Waals surface area contributed by atoms with Crippen LogP contribution in [0.25, 0.3) is 0 Å². The van der Waals surface area contributed by atoms with Crippen LogP contribution in [0.4, 0.5) is 0 Å². The number of aliphatic hydroxyl groups excluding tert-OH is 1. The van der Waals surface area contributed by atoms with Crippen molar-refractivity contribution in [1.29, 1.82) is 0 Å². The first-order valence-electron chi connectivity index (χ1n) is 8.45. The van der Waals surface area contributed by atoms with Crippen LogP contribution in [0, 0.1) is 11.3 Å². The van der Waals surface area contributed by atoms with Crippen molar-refractivity contribution in [1.82, 2.24) is 9.80 Å². The molecule has 118 valence electrons. The minimum Gasteiger partial charge on any atom is -0.391 e. The topological polar surface area (TPSA) is 26.7 Å². The highest BCUT2D eigenvalue weighted by Gasteiger charge is 2.39. The van der Waals surface area contributed by atoms with Gasteiger partial charge in [0.15, 0.2) is 0 Å². The van der Waals surface area contributed by atoms with Crippen LogP contribution in [-0.4, -0.2) is 59.8 Å². The fourth-order valence-electron chi connectivity index (χ4n) is 4.02. The third-order valence-corrected chi connectivity index (χ3v) is 5.75. The van der Waals surface area contributed by atoms with E-state index in [0.717, 1.165) is 32.0 Å². The van der Waals surface area contributed by atoms with Gasteiger partial charge in [-0.1, -0.05) is 27.7 Å². The second-order valence-corrected chi connectivity index (χ2v) is 8.05. The van der Waals surface area contributed by atoms with Gasteiger partial charge >= 0.3 is 0 Å². The molecule has 3 heteroatoms. The Kier molecular flexibility index (Phi) is 5.14. The molecule has 20 heavy (non-hydrogen) atoms. The molecule has 2 aliphatic rings. The first-order chi connectivity index (χ1) is 9.32. The molecule has 3 nitrogen and oxygen atoms in total. The second-order valence-electron chi connectivity index (χ2n) is 8.05. The molecule has 0 spiro atoms. The predicted molar refractivity (Wildman–Crippen MR) is 84.9 cm³/mol. The Balaban J connectivity index is 2.02. The minimum atomic E-state index is -0.116. The number of likely N-dealkylation sites (N-methyl/N-ethyl adjacent to an activating group) is 1. The summed E-state index contributed by atoms with van der Waals surface area (Å²) in [6.07, 6.45) is 4.43. The number of hydrogen-bond acceptors (Lipinski definition) is 3. The minimum absolute atomic E-state index is 0.116. The third kappa shape index (κ3) is 3.55. The molecular weight excluding hydrogens is 248 g/mol. The number of hydrogen-bond donors (Lipinski definition) is 1. The number of piperazine rings is 1. The van der Waals surface area contributed by atoms with Gasteiger partial charge in [-0.05, 0) is 44.1 Å². The Hall–Kier alpha value is -0.120. The average Bonchev–Trinajstić information content (AvgIpc) is 2.39. The summed E-state index contributed by atoms with van der Waals surface area (Å²) in [6.45, 7) is 12.7. The summed E-state index contributed by atoms with van der Waals surface area (Å²) >= 11 is 0. The summed E-state index contributed by atoms with van der Waals surface area (Å²) in [4.78, 5) is 5.06. The molecule has 4 atom stereocenters. The molecule has 0 aromatic rings. The molecule has 2 fully saturated rings. The first-order valence-corrected chi connectivity index (χ1v) is 8.45. The Morgan fingerprint density at radius 2 is 1.85 bits per heavy atom. The van der Waals surface area contributed by atoms with Crippen molar-refractivity contribution in [2.75, 3.05) is 26.7 Å². The lowest BCUT2D eigenvalue weighted by Crippen LogP contribution is -2.58. The van der Waals surface area contributed by atoms with Crippen molar-refractivity contribution in [3.05, 3.63) is 0 Å².